The molecule has 20 heavy (non-hydrogen) atoms. The summed E-state index contributed by atoms with van der Waals surface area (Å²) in [6.45, 7) is 4.01. The molecule has 0 saturated heterocycles. The molecule has 0 saturated carbocycles. The lowest BCUT2D eigenvalue weighted by Crippen LogP contribution is -2.16. The Hall–Kier alpha value is -1.78. The molecule has 0 amide bonds. The highest BCUT2D eigenvalue weighted by Crippen LogP contribution is 2.33. The molecule has 0 aliphatic rings. The summed E-state index contributed by atoms with van der Waals surface area (Å²) >= 11 is 0. The van der Waals surface area contributed by atoms with E-state index in [1.54, 1.807) is 24.3 Å². The monoisotopic (exact) mass is 282 g/mol. The largest absolute Gasteiger partial charge is 0.433 e. The molecule has 1 unspecified atom stereocenters. The maximum atomic E-state index is 12.9. The topological polar surface area (TPSA) is 24.9 Å². The van der Waals surface area contributed by atoms with Crippen molar-refractivity contribution >= 4 is 16.6 Å². The van der Waals surface area contributed by atoms with Crippen molar-refractivity contribution in [2.45, 2.75) is 38.9 Å². The number of nitrogens with one attached hydrogen (secondary N) is 1. The molecule has 2 aromatic rings. The van der Waals surface area contributed by atoms with Crippen LogP contribution in [0.1, 0.15) is 32.4 Å². The van der Waals surface area contributed by atoms with Gasteiger partial charge in [-0.3, -0.25) is 0 Å². The average molecular weight is 282 g/mol. The lowest BCUT2D eigenvalue weighted by Gasteiger charge is -2.17. The number of benzene rings is 1. The molecule has 0 bridgehead atoms. The molecule has 1 N–H and O–H groups in total. The van der Waals surface area contributed by atoms with Crippen LogP contribution in [0.25, 0.3) is 10.9 Å². The van der Waals surface area contributed by atoms with Crippen molar-refractivity contribution in [2.24, 2.45) is 0 Å². The summed E-state index contributed by atoms with van der Waals surface area (Å²) in [5.41, 5.74) is -0.0141. The zero-order valence-corrected chi connectivity index (χ0v) is 11.5. The fraction of sp³-hybridized carbons (Fsp3) is 0.400. The van der Waals surface area contributed by atoms with E-state index in [0.29, 0.717) is 16.6 Å². The van der Waals surface area contributed by atoms with Crippen LogP contribution in [0.5, 0.6) is 0 Å². The molecule has 0 aliphatic carbocycles. The standard InChI is InChI=1S/C15H17F3N2/c1-3-6-10(2)19-13-9-14(15(16,17)18)20-12-8-5-4-7-11(12)13/h4-5,7-10H,3,6H2,1-2H3,(H,19,20). The first-order valence-corrected chi connectivity index (χ1v) is 6.65. The first-order chi connectivity index (χ1) is 9.41. The molecule has 1 aromatic carbocycles. The Kier molecular flexibility index (Phi) is 4.16. The fourth-order valence-corrected chi connectivity index (χ4v) is 2.21. The molecule has 1 atom stereocenters. The van der Waals surface area contributed by atoms with Crippen LogP contribution in [-0.4, -0.2) is 11.0 Å². The summed E-state index contributed by atoms with van der Waals surface area (Å²) in [4.78, 5) is 3.70. The van der Waals surface area contributed by atoms with Gasteiger partial charge in [0.05, 0.1) is 5.52 Å². The lowest BCUT2D eigenvalue weighted by molar-refractivity contribution is -0.140. The summed E-state index contributed by atoms with van der Waals surface area (Å²) in [5, 5.41) is 3.87. The van der Waals surface area contributed by atoms with Gasteiger partial charge in [-0.15, -0.1) is 0 Å². The molecule has 2 nitrogen and oxygen atoms in total. The van der Waals surface area contributed by atoms with Gasteiger partial charge in [-0.1, -0.05) is 31.5 Å². The third kappa shape index (κ3) is 3.21. The lowest BCUT2D eigenvalue weighted by atomic mass is 10.1. The van der Waals surface area contributed by atoms with Crippen molar-refractivity contribution in [3.05, 3.63) is 36.0 Å². The minimum absolute atomic E-state index is 0.117. The number of rotatable bonds is 4. The van der Waals surface area contributed by atoms with Crippen LogP contribution < -0.4 is 5.32 Å². The summed E-state index contributed by atoms with van der Waals surface area (Å²) in [7, 11) is 0. The molecular weight excluding hydrogens is 265 g/mol. The third-order valence-electron chi connectivity index (χ3n) is 3.13. The second-order valence-electron chi connectivity index (χ2n) is 4.90. The molecule has 1 aromatic heterocycles. The number of fused-ring (bicyclic) bond motifs is 1. The number of anilines is 1. The van der Waals surface area contributed by atoms with Crippen LogP contribution in [0.3, 0.4) is 0 Å². The second kappa shape index (κ2) is 5.69. The van der Waals surface area contributed by atoms with Crippen molar-refractivity contribution in [2.75, 3.05) is 5.32 Å². The van der Waals surface area contributed by atoms with Gasteiger partial charge in [-0.2, -0.15) is 13.2 Å². The van der Waals surface area contributed by atoms with Gasteiger partial charge in [0.25, 0.3) is 0 Å². The van der Waals surface area contributed by atoms with Gasteiger partial charge in [-0.25, -0.2) is 4.98 Å². The molecular formula is C15H17F3N2. The number of hydrogen-bond acceptors (Lipinski definition) is 2. The van der Waals surface area contributed by atoms with E-state index in [-0.39, 0.29) is 6.04 Å². The Bertz CT molecular complexity index is 593. The molecule has 0 spiro atoms. The molecule has 5 heteroatoms. The van der Waals surface area contributed by atoms with Crippen LogP contribution in [-0.2, 0) is 6.18 Å². The number of pyridine rings is 1. The summed E-state index contributed by atoms with van der Waals surface area (Å²) in [6.07, 6.45) is -2.56. The normalized spacial score (nSPS) is 13.4. The molecule has 1 heterocycles. The minimum Gasteiger partial charge on any atom is -0.382 e. The molecule has 2 rings (SSSR count). The Morgan fingerprint density at radius 2 is 1.95 bits per heavy atom. The minimum atomic E-state index is -4.44. The number of aromatic nitrogens is 1. The highest BCUT2D eigenvalue weighted by atomic mass is 19.4. The summed E-state index contributed by atoms with van der Waals surface area (Å²) in [6, 6.07) is 8.08. The SMILES string of the molecule is CCCC(C)Nc1cc(C(F)(F)F)nc2ccccc12. The average Bonchev–Trinajstić information content (AvgIpc) is 2.37. The van der Waals surface area contributed by atoms with Gasteiger partial charge in [0, 0.05) is 17.1 Å². The predicted octanol–water partition coefficient (Wildman–Crippen LogP) is 4.85. The van der Waals surface area contributed by atoms with E-state index in [0.717, 1.165) is 18.9 Å². The first-order valence-electron chi connectivity index (χ1n) is 6.65. The number of para-hydroxylation sites is 1. The van der Waals surface area contributed by atoms with E-state index in [1.807, 2.05) is 13.8 Å². The molecule has 0 radical (unpaired) electrons. The second-order valence-corrected chi connectivity index (χ2v) is 4.90. The van der Waals surface area contributed by atoms with E-state index in [4.69, 9.17) is 0 Å². The van der Waals surface area contributed by atoms with Crippen molar-refractivity contribution < 1.29 is 13.2 Å². The van der Waals surface area contributed by atoms with Crippen molar-refractivity contribution in [1.29, 1.82) is 0 Å². The van der Waals surface area contributed by atoms with Gasteiger partial charge >= 0.3 is 6.18 Å². The van der Waals surface area contributed by atoms with Gasteiger partial charge in [-0.05, 0) is 25.5 Å². The molecule has 0 aliphatic heterocycles. The number of halogens is 3. The zero-order chi connectivity index (χ0) is 14.8. The van der Waals surface area contributed by atoms with E-state index in [1.165, 1.54) is 0 Å². The van der Waals surface area contributed by atoms with Crippen molar-refractivity contribution in [3.8, 4) is 0 Å². The zero-order valence-electron chi connectivity index (χ0n) is 11.5. The third-order valence-corrected chi connectivity index (χ3v) is 3.13. The summed E-state index contributed by atoms with van der Waals surface area (Å²) in [5.74, 6) is 0. The Morgan fingerprint density at radius 1 is 1.25 bits per heavy atom. The van der Waals surface area contributed by atoms with Gasteiger partial charge in [0.15, 0.2) is 0 Å². The summed E-state index contributed by atoms with van der Waals surface area (Å²) < 4.78 is 38.7. The van der Waals surface area contributed by atoms with Crippen molar-refractivity contribution in [1.82, 2.24) is 4.98 Å². The van der Waals surface area contributed by atoms with Crippen LogP contribution in [0.4, 0.5) is 18.9 Å². The first kappa shape index (κ1) is 14.6. The van der Waals surface area contributed by atoms with Crippen LogP contribution in [0, 0.1) is 0 Å². The van der Waals surface area contributed by atoms with Crippen LogP contribution >= 0.6 is 0 Å². The fourth-order valence-electron chi connectivity index (χ4n) is 2.21. The van der Waals surface area contributed by atoms with Crippen LogP contribution in [0.15, 0.2) is 30.3 Å². The number of hydrogen-bond donors (Lipinski definition) is 1. The quantitative estimate of drug-likeness (QED) is 0.866. The molecule has 0 fully saturated rings. The molecule has 108 valence electrons. The smallest absolute Gasteiger partial charge is 0.382 e. The van der Waals surface area contributed by atoms with Gasteiger partial charge in [0.1, 0.15) is 5.69 Å². The highest BCUT2D eigenvalue weighted by Gasteiger charge is 2.33. The Morgan fingerprint density at radius 3 is 2.60 bits per heavy atom. The van der Waals surface area contributed by atoms with Gasteiger partial charge < -0.3 is 5.32 Å². The van der Waals surface area contributed by atoms with E-state index < -0.39 is 11.9 Å². The van der Waals surface area contributed by atoms with Gasteiger partial charge in [0.2, 0.25) is 0 Å². The predicted molar refractivity (Wildman–Crippen MR) is 74.7 cm³/mol. The Labute approximate surface area is 116 Å². The van der Waals surface area contributed by atoms with E-state index >= 15 is 0 Å². The maximum Gasteiger partial charge on any atom is 0.433 e. The maximum absolute atomic E-state index is 12.9. The van der Waals surface area contributed by atoms with E-state index in [9.17, 15) is 13.2 Å². The van der Waals surface area contributed by atoms with Crippen LogP contribution in [0.2, 0.25) is 0 Å². The number of alkyl halides is 3. The number of nitrogens with zero attached hydrogens (tertiary/aromatic N) is 1. The van der Waals surface area contributed by atoms with Crippen molar-refractivity contribution in [3.63, 3.8) is 0 Å². The Balaban J connectivity index is 2.49. The highest BCUT2D eigenvalue weighted by molar-refractivity contribution is 5.91. The van der Waals surface area contributed by atoms with E-state index in [2.05, 4.69) is 10.3 Å².